The van der Waals surface area contributed by atoms with E-state index in [1.54, 1.807) is 0 Å². The van der Waals surface area contributed by atoms with E-state index in [0.29, 0.717) is 11.5 Å². The van der Waals surface area contributed by atoms with Crippen molar-refractivity contribution >= 4 is 45.9 Å². The summed E-state index contributed by atoms with van der Waals surface area (Å²) in [6, 6.07) is 30.5. The molecule has 0 aliphatic carbocycles. The molecule has 3 heterocycles. The Bertz CT molecular complexity index is 2030. The van der Waals surface area contributed by atoms with Crippen molar-refractivity contribution in [2.24, 2.45) is 0 Å². The Morgan fingerprint density at radius 3 is 2.45 bits per heavy atom. The van der Waals surface area contributed by atoms with E-state index in [9.17, 15) is 4.79 Å². The molecular weight excluding hydrogens is 661 g/mol. The van der Waals surface area contributed by atoms with Crippen LogP contribution in [0.3, 0.4) is 0 Å². The minimum Gasteiger partial charge on any atom is -1.00 e. The maximum atomic E-state index is 11.4. The molecule has 1 aliphatic rings. The summed E-state index contributed by atoms with van der Waals surface area (Å²) in [6.45, 7) is 5.90. The van der Waals surface area contributed by atoms with Gasteiger partial charge in [-0.1, -0.05) is 36.4 Å². The third kappa shape index (κ3) is 4.89. The van der Waals surface area contributed by atoms with Crippen LogP contribution in [0.5, 0.6) is 0 Å². The van der Waals surface area contributed by atoms with Crippen molar-refractivity contribution in [1.82, 2.24) is 9.55 Å². The van der Waals surface area contributed by atoms with E-state index in [-0.39, 0.29) is 24.0 Å². The Morgan fingerprint density at radius 1 is 0.909 bits per heavy atom. The molecule has 0 N–H and O–H groups in total. The van der Waals surface area contributed by atoms with Crippen molar-refractivity contribution in [2.75, 3.05) is 23.4 Å². The van der Waals surface area contributed by atoms with Gasteiger partial charge in [-0.2, -0.15) is 4.57 Å². The Kier molecular flexibility index (Phi) is 8.09. The maximum Gasteiger partial charge on any atom is 0.287 e. The summed E-state index contributed by atoms with van der Waals surface area (Å²) in [7, 11) is 2.05. The van der Waals surface area contributed by atoms with Gasteiger partial charge in [-0.25, -0.2) is 9.55 Å². The van der Waals surface area contributed by atoms with Crippen LogP contribution in [0.1, 0.15) is 30.0 Å². The quantitative estimate of drug-likeness (QED) is 0.141. The lowest BCUT2D eigenvalue weighted by molar-refractivity contribution is -0.670. The van der Waals surface area contributed by atoms with Gasteiger partial charge in [0, 0.05) is 36.9 Å². The van der Waals surface area contributed by atoms with E-state index in [2.05, 4.69) is 93.5 Å². The van der Waals surface area contributed by atoms with Gasteiger partial charge in [0.25, 0.3) is 5.82 Å². The van der Waals surface area contributed by atoms with Gasteiger partial charge in [0.1, 0.15) is 23.3 Å². The molecule has 8 heteroatoms. The maximum absolute atomic E-state index is 11.4. The van der Waals surface area contributed by atoms with Crippen LogP contribution >= 0.6 is 0 Å². The number of allylic oxidation sites excluding steroid dienone is 2. The highest BCUT2D eigenvalue weighted by atomic mass is 127. The van der Waals surface area contributed by atoms with Gasteiger partial charge >= 0.3 is 0 Å². The monoisotopic (exact) mass is 693 g/mol. The molecule has 0 fully saturated rings. The molecule has 0 spiro atoms. The standard InChI is InChI=1S/C36H32N5O2.HI/c1-4-39-29-20-18-25(24-42)22-31(29)38(3)34(39)16-11-17-35-40(5-2)32-23-26(36-37-28-14-9-10-15-33(28)43-36)19-21-30(32)41(35)27-12-7-6-8-13-27;/h6-24H,4-5H2,1-3H3;1H/q+1;/p-1. The zero-order valence-corrected chi connectivity index (χ0v) is 27.0. The van der Waals surface area contributed by atoms with Gasteiger partial charge in [-0.05, 0) is 74.5 Å². The van der Waals surface area contributed by atoms with Crippen molar-refractivity contribution in [1.29, 1.82) is 0 Å². The van der Waals surface area contributed by atoms with E-state index in [1.165, 1.54) is 0 Å². The van der Waals surface area contributed by atoms with Crippen LogP contribution in [0.4, 0.5) is 11.4 Å². The third-order valence-electron chi connectivity index (χ3n) is 8.10. The van der Waals surface area contributed by atoms with E-state index in [4.69, 9.17) is 9.40 Å². The largest absolute Gasteiger partial charge is 1.00 e. The second kappa shape index (κ2) is 12.1. The molecule has 4 aromatic carbocycles. The van der Waals surface area contributed by atoms with Crippen LogP contribution < -0.4 is 38.3 Å². The summed E-state index contributed by atoms with van der Waals surface area (Å²) in [4.78, 5) is 20.6. The topological polar surface area (TPSA) is 58.4 Å². The zero-order valence-electron chi connectivity index (χ0n) is 24.8. The molecule has 220 valence electrons. The fourth-order valence-electron chi connectivity index (χ4n) is 6.06. The Morgan fingerprint density at radius 2 is 1.70 bits per heavy atom. The van der Waals surface area contributed by atoms with Crippen molar-refractivity contribution in [3.05, 3.63) is 120 Å². The number of halogens is 1. The lowest BCUT2D eigenvalue weighted by Crippen LogP contribution is -3.00. The van der Waals surface area contributed by atoms with Gasteiger partial charge in [-0.3, -0.25) is 4.79 Å². The number of carbonyl (C=O) groups is 1. The molecule has 0 amide bonds. The first-order valence-electron chi connectivity index (χ1n) is 14.6. The smallest absolute Gasteiger partial charge is 0.287 e. The van der Waals surface area contributed by atoms with Gasteiger partial charge in [0.05, 0.1) is 17.9 Å². The molecule has 7 rings (SSSR count). The number of hydrogen-bond acceptors (Lipinski definition) is 5. The molecule has 7 nitrogen and oxygen atoms in total. The lowest BCUT2D eigenvalue weighted by atomic mass is 10.2. The Hall–Kier alpha value is -4.70. The number of carbonyl (C=O) groups excluding carboxylic acids is 1. The molecule has 44 heavy (non-hydrogen) atoms. The Labute approximate surface area is 273 Å². The number of para-hydroxylation sites is 3. The molecule has 0 saturated heterocycles. The van der Waals surface area contributed by atoms with Crippen LogP contribution in [0.2, 0.25) is 0 Å². The van der Waals surface area contributed by atoms with E-state index >= 15 is 0 Å². The predicted octanol–water partition coefficient (Wildman–Crippen LogP) is 4.39. The molecule has 0 bridgehead atoms. The summed E-state index contributed by atoms with van der Waals surface area (Å²) in [5.74, 6) is 2.72. The van der Waals surface area contributed by atoms with Gasteiger partial charge in [0.2, 0.25) is 5.89 Å². The molecule has 1 aliphatic heterocycles. The number of aldehydes is 1. The fourth-order valence-corrected chi connectivity index (χ4v) is 6.06. The van der Waals surface area contributed by atoms with Crippen molar-refractivity contribution < 1.29 is 37.8 Å². The van der Waals surface area contributed by atoms with E-state index in [1.807, 2.05) is 55.6 Å². The van der Waals surface area contributed by atoms with E-state index < -0.39 is 0 Å². The molecule has 0 unspecified atom stereocenters. The summed E-state index contributed by atoms with van der Waals surface area (Å²) in [5, 5.41) is 0. The van der Waals surface area contributed by atoms with Gasteiger partial charge in [0.15, 0.2) is 16.6 Å². The van der Waals surface area contributed by atoms with Crippen LogP contribution in [0.15, 0.2) is 113 Å². The highest BCUT2D eigenvalue weighted by molar-refractivity contribution is 5.88. The number of imidazole rings is 1. The number of aromatic nitrogens is 3. The minimum absolute atomic E-state index is 0. The highest BCUT2D eigenvalue weighted by Crippen LogP contribution is 2.41. The average molecular weight is 694 g/mol. The normalized spacial score (nSPS) is 13.8. The lowest BCUT2D eigenvalue weighted by Gasteiger charge is -2.20. The number of oxazole rings is 1. The number of aryl methyl sites for hydroxylation is 1. The molecule has 0 atom stereocenters. The highest BCUT2D eigenvalue weighted by Gasteiger charge is 2.28. The Balaban J connectivity index is 0.00000343. The summed E-state index contributed by atoms with van der Waals surface area (Å²) in [5.41, 5.74) is 8.65. The van der Waals surface area contributed by atoms with Crippen LogP contribution in [0.25, 0.3) is 45.4 Å². The molecule has 0 saturated carbocycles. The summed E-state index contributed by atoms with van der Waals surface area (Å²) >= 11 is 0. The van der Waals surface area contributed by atoms with Gasteiger partial charge < -0.3 is 38.2 Å². The van der Waals surface area contributed by atoms with Crippen molar-refractivity contribution in [2.45, 2.75) is 20.4 Å². The summed E-state index contributed by atoms with van der Waals surface area (Å²) in [6.07, 6.45) is 7.32. The number of rotatable bonds is 7. The van der Waals surface area contributed by atoms with Crippen molar-refractivity contribution in [3.8, 4) is 17.1 Å². The number of benzene rings is 4. The third-order valence-corrected chi connectivity index (χ3v) is 8.10. The predicted molar refractivity (Wildman–Crippen MR) is 173 cm³/mol. The van der Waals surface area contributed by atoms with Gasteiger partial charge in [-0.15, -0.1) is 0 Å². The molecular formula is C36H32IN5O2. The van der Waals surface area contributed by atoms with Crippen LogP contribution in [-0.2, 0) is 6.54 Å². The number of hydrogen-bond donors (Lipinski definition) is 0. The van der Waals surface area contributed by atoms with Crippen LogP contribution in [-0.4, -0.2) is 29.4 Å². The SMILES string of the molecule is CCN1/C(=C/C=C/c2n(-c3ccccc3)c3ccc(-c4nc5ccccc5o4)cc3[n+]2CC)N(C)c2cc(C=O)ccc21.[I-]. The number of fused-ring (bicyclic) bond motifs is 3. The first-order valence-corrected chi connectivity index (χ1v) is 14.6. The average Bonchev–Trinajstić information content (AvgIpc) is 3.70. The second-order valence-corrected chi connectivity index (χ2v) is 10.5. The minimum atomic E-state index is 0. The van der Waals surface area contributed by atoms with E-state index in [0.717, 1.165) is 75.8 Å². The zero-order chi connectivity index (χ0) is 29.5. The molecule has 6 aromatic rings. The first-order chi connectivity index (χ1) is 21.1. The van der Waals surface area contributed by atoms with Crippen molar-refractivity contribution in [3.63, 3.8) is 0 Å². The second-order valence-electron chi connectivity index (χ2n) is 10.5. The first kappa shape index (κ1) is 29.4. The molecule has 0 radical (unpaired) electrons. The fraction of sp³-hybridized carbons (Fsp3) is 0.139. The van der Waals surface area contributed by atoms with Crippen LogP contribution in [0, 0.1) is 0 Å². The summed E-state index contributed by atoms with van der Waals surface area (Å²) < 4.78 is 10.7. The number of nitrogens with zero attached hydrogens (tertiary/aromatic N) is 5. The number of anilines is 2. The molecule has 2 aromatic heterocycles.